The molecule has 1 saturated heterocycles. The summed E-state index contributed by atoms with van der Waals surface area (Å²) in [4.78, 5) is 17.6. The van der Waals surface area contributed by atoms with Gasteiger partial charge < -0.3 is 5.32 Å². The third-order valence-electron chi connectivity index (χ3n) is 3.33. The Hall–Kier alpha value is -1.49. The molecule has 1 unspecified atom stereocenters. The highest BCUT2D eigenvalue weighted by molar-refractivity contribution is 5.94. The fourth-order valence-electron chi connectivity index (χ4n) is 2.20. The lowest BCUT2D eigenvalue weighted by Gasteiger charge is -2.23. The molecule has 1 aromatic rings. The number of hydrogen-bond donors (Lipinski definition) is 1. The zero-order valence-corrected chi connectivity index (χ0v) is 10.5. The molecule has 0 spiro atoms. The number of aromatic nitrogens is 1. The van der Waals surface area contributed by atoms with Gasteiger partial charge in [-0.15, -0.1) is 0 Å². The van der Waals surface area contributed by atoms with Crippen LogP contribution in [0.4, 0.5) is 4.39 Å². The van der Waals surface area contributed by atoms with Crippen molar-refractivity contribution in [1.82, 2.24) is 15.2 Å². The van der Waals surface area contributed by atoms with E-state index in [9.17, 15) is 9.18 Å². The summed E-state index contributed by atoms with van der Waals surface area (Å²) in [6.45, 7) is 4.77. The summed E-state index contributed by atoms with van der Waals surface area (Å²) >= 11 is 0. The van der Waals surface area contributed by atoms with E-state index in [1.807, 2.05) is 0 Å². The van der Waals surface area contributed by atoms with E-state index in [1.165, 1.54) is 25.1 Å². The number of hydrogen-bond acceptors (Lipinski definition) is 3. The topological polar surface area (TPSA) is 45.2 Å². The number of rotatable bonds is 4. The number of nitrogens with zero attached hydrogens (tertiary/aromatic N) is 2. The monoisotopic (exact) mass is 251 g/mol. The molecule has 1 aliphatic rings. The Morgan fingerprint density at radius 3 is 2.94 bits per heavy atom. The fourth-order valence-corrected chi connectivity index (χ4v) is 2.20. The lowest BCUT2D eigenvalue weighted by atomic mass is 10.2. The Morgan fingerprint density at radius 1 is 1.56 bits per heavy atom. The molecular formula is C13H18FN3O. The molecule has 0 aliphatic carbocycles. The molecule has 2 rings (SSSR count). The number of likely N-dealkylation sites (tertiary alicyclic amines) is 1. The van der Waals surface area contributed by atoms with Crippen LogP contribution in [0.15, 0.2) is 18.3 Å². The number of nitrogens with one attached hydrogen (secondary N) is 1. The minimum atomic E-state index is -0.719. The van der Waals surface area contributed by atoms with Gasteiger partial charge in [0, 0.05) is 18.8 Å². The van der Waals surface area contributed by atoms with Crippen LogP contribution in [0.1, 0.15) is 30.1 Å². The van der Waals surface area contributed by atoms with Gasteiger partial charge in [-0.25, -0.2) is 4.98 Å². The predicted octanol–water partition coefficient (Wildman–Crippen LogP) is 1.43. The Kier molecular flexibility index (Phi) is 4.25. The molecule has 4 nitrogen and oxygen atoms in total. The highest BCUT2D eigenvalue weighted by atomic mass is 19.1. The molecule has 0 aromatic carbocycles. The molecule has 0 radical (unpaired) electrons. The second-order valence-electron chi connectivity index (χ2n) is 4.64. The van der Waals surface area contributed by atoms with Crippen molar-refractivity contribution in [3.63, 3.8) is 0 Å². The second-order valence-corrected chi connectivity index (χ2v) is 4.64. The van der Waals surface area contributed by atoms with E-state index in [0.717, 1.165) is 13.1 Å². The van der Waals surface area contributed by atoms with Crippen molar-refractivity contribution in [1.29, 1.82) is 0 Å². The molecule has 1 aliphatic heterocycles. The van der Waals surface area contributed by atoms with Gasteiger partial charge in [-0.2, -0.15) is 4.39 Å². The molecule has 1 amide bonds. The van der Waals surface area contributed by atoms with Gasteiger partial charge in [0.15, 0.2) is 0 Å². The largest absolute Gasteiger partial charge is 0.350 e. The van der Waals surface area contributed by atoms with Crippen LogP contribution in [-0.4, -0.2) is 41.5 Å². The average molecular weight is 251 g/mol. The smallest absolute Gasteiger partial charge is 0.255 e. The summed E-state index contributed by atoms with van der Waals surface area (Å²) in [6, 6.07) is 3.29. The Morgan fingerprint density at radius 2 is 2.28 bits per heavy atom. The van der Waals surface area contributed by atoms with Crippen molar-refractivity contribution >= 4 is 5.91 Å². The maximum Gasteiger partial charge on any atom is 0.255 e. The third kappa shape index (κ3) is 3.04. The SMILES string of the molecule is CC(CNC(=O)c1cccnc1F)N1CCCC1. The number of carbonyl (C=O) groups excluding carboxylic acids is 1. The summed E-state index contributed by atoms with van der Waals surface area (Å²) in [5.41, 5.74) is 0.00567. The number of halogens is 1. The van der Waals surface area contributed by atoms with Gasteiger partial charge in [0.1, 0.15) is 0 Å². The van der Waals surface area contributed by atoms with Crippen molar-refractivity contribution in [2.75, 3.05) is 19.6 Å². The first-order chi connectivity index (χ1) is 8.68. The molecule has 1 N–H and O–H groups in total. The van der Waals surface area contributed by atoms with Crippen LogP contribution in [0, 0.1) is 5.95 Å². The summed E-state index contributed by atoms with van der Waals surface area (Å²) in [7, 11) is 0. The Bertz CT molecular complexity index is 418. The van der Waals surface area contributed by atoms with Crippen LogP contribution < -0.4 is 5.32 Å². The van der Waals surface area contributed by atoms with Gasteiger partial charge in [-0.3, -0.25) is 9.69 Å². The zero-order chi connectivity index (χ0) is 13.0. The van der Waals surface area contributed by atoms with E-state index in [0.29, 0.717) is 6.54 Å². The average Bonchev–Trinajstić information content (AvgIpc) is 2.90. The van der Waals surface area contributed by atoms with Crippen LogP contribution in [0.5, 0.6) is 0 Å². The second kappa shape index (κ2) is 5.91. The zero-order valence-electron chi connectivity index (χ0n) is 10.5. The predicted molar refractivity (Wildman–Crippen MR) is 66.8 cm³/mol. The van der Waals surface area contributed by atoms with Crippen LogP contribution in [-0.2, 0) is 0 Å². The number of amides is 1. The molecule has 98 valence electrons. The molecule has 0 bridgehead atoms. The highest BCUT2D eigenvalue weighted by Gasteiger charge is 2.19. The van der Waals surface area contributed by atoms with Gasteiger partial charge in [-0.1, -0.05) is 0 Å². The van der Waals surface area contributed by atoms with Crippen molar-refractivity contribution in [3.05, 3.63) is 29.8 Å². The molecule has 1 aromatic heterocycles. The van der Waals surface area contributed by atoms with Crippen molar-refractivity contribution in [3.8, 4) is 0 Å². The lowest BCUT2D eigenvalue weighted by Crippen LogP contribution is -2.40. The summed E-state index contributed by atoms with van der Waals surface area (Å²) in [5, 5.41) is 2.76. The van der Waals surface area contributed by atoms with E-state index >= 15 is 0 Å². The van der Waals surface area contributed by atoms with Gasteiger partial charge in [0.25, 0.3) is 5.91 Å². The van der Waals surface area contributed by atoms with Crippen LogP contribution in [0.25, 0.3) is 0 Å². The molecule has 2 heterocycles. The first-order valence-corrected chi connectivity index (χ1v) is 6.31. The normalized spacial score (nSPS) is 17.7. The van der Waals surface area contributed by atoms with E-state index < -0.39 is 11.9 Å². The molecule has 1 fully saturated rings. The fraction of sp³-hybridized carbons (Fsp3) is 0.538. The van der Waals surface area contributed by atoms with E-state index in [1.54, 1.807) is 6.07 Å². The van der Waals surface area contributed by atoms with Gasteiger partial charge in [-0.05, 0) is 45.0 Å². The standard InChI is InChI=1S/C13H18FN3O/c1-10(17-7-2-3-8-17)9-16-13(18)11-5-4-6-15-12(11)14/h4-6,10H,2-3,7-9H2,1H3,(H,16,18). The molecule has 0 saturated carbocycles. The minimum absolute atomic E-state index is 0.00567. The summed E-state index contributed by atoms with van der Waals surface area (Å²) in [5.74, 6) is -1.12. The molecule has 18 heavy (non-hydrogen) atoms. The summed E-state index contributed by atoms with van der Waals surface area (Å²) < 4.78 is 13.3. The first kappa shape index (κ1) is 13.0. The number of pyridine rings is 1. The van der Waals surface area contributed by atoms with E-state index in [2.05, 4.69) is 22.1 Å². The lowest BCUT2D eigenvalue weighted by molar-refractivity contribution is 0.0935. The maximum atomic E-state index is 13.3. The van der Waals surface area contributed by atoms with Crippen LogP contribution in [0.2, 0.25) is 0 Å². The van der Waals surface area contributed by atoms with Gasteiger partial charge >= 0.3 is 0 Å². The van der Waals surface area contributed by atoms with Crippen LogP contribution in [0.3, 0.4) is 0 Å². The molecule has 1 atom stereocenters. The maximum absolute atomic E-state index is 13.3. The van der Waals surface area contributed by atoms with Gasteiger partial charge in [0.2, 0.25) is 5.95 Å². The third-order valence-corrected chi connectivity index (χ3v) is 3.33. The first-order valence-electron chi connectivity index (χ1n) is 6.31. The Labute approximate surface area is 106 Å². The molecular weight excluding hydrogens is 233 g/mol. The van der Waals surface area contributed by atoms with Crippen LogP contribution >= 0.6 is 0 Å². The van der Waals surface area contributed by atoms with E-state index in [-0.39, 0.29) is 11.6 Å². The number of carbonyl (C=O) groups is 1. The van der Waals surface area contributed by atoms with E-state index in [4.69, 9.17) is 0 Å². The van der Waals surface area contributed by atoms with Crippen molar-refractivity contribution in [2.24, 2.45) is 0 Å². The molecule has 5 heteroatoms. The quantitative estimate of drug-likeness (QED) is 0.823. The minimum Gasteiger partial charge on any atom is -0.350 e. The Balaban J connectivity index is 1.86. The highest BCUT2D eigenvalue weighted by Crippen LogP contribution is 2.11. The van der Waals surface area contributed by atoms with Crippen molar-refractivity contribution < 1.29 is 9.18 Å². The van der Waals surface area contributed by atoms with Gasteiger partial charge in [0.05, 0.1) is 5.56 Å². The van der Waals surface area contributed by atoms with Crippen molar-refractivity contribution in [2.45, 2.75) is 25.8 Å². The summed E-state index contributed by atoms with van der Waals surface area (Å²) in [6.07, 6.45) is 3.77.